The minimum absolute atomic E-state index is 0.00791. The predicted molar refractivity (Wildman–Crippen MR) is 106 cm³/mol. The number of thiophene rings is 1. The van der Waals surface area contributed by atoms with E-state index in [9.17, 15) is 4.79 Å². The van der Waals surface area contributed by atoms with Crippen LogP contribution < -0.4 is 5.32 Å². The molecule has 5 heteroatoms. The van der Waals surface area contributed by atoms with E-state index in [-0.39, 0.29) is 5.91 Å². The molecule has 0 spiro atoms. The molecule has 0 fully saturated rings. The van der Waals surface area contributed by atoms with Crippen molar-refractivity contribution in [1.82, 2.24) is 14.9 Å². The third kappa shape index (κ3) is 3.39. The summed E-state index contributed by atoms with van der Waals surface area (Å²) >= 11 is 1.48. The number of aryl methyl sites for hydroxylation is 1. The van der Waals surface area contributed by atoms with Crippen LogP contribution in [-0.4, -0.2) is 15.5 Å². The number of carbonyl (C=O) groups excluding carboxylic acids is 1. The number of fused-ring (bicyclic) bond motifs is 1. The number of nitrogens with one attached hydrogen (secondary N) is 1. The number of hydrogen-bond acceptors (Lipinski definition) is 3. The Bertz CT molecular complexity index is 1050. The number of amides is 1. The van der Waals surface area contributed by atoms with Crippen LogP contribution in [0.4, 0.5) is 0 Å². The minimum Gasteiger partial charge on any atom is -0.347 e. The minimum atomic E-state index is -0.00791. The summed E-state index contributed by atoms with van der Waals surface area (Å²) in [5.41, 5.74) is 5.46. The first kappa shape index (κ1) is 16.5. The maximum Gasteiger partial charge on any atom is 0.261 e. The van der Waals surface area contributed by atoms with Gasteiger partial charge in [0.05, 0.1) is 22.2 Å². The Morgan fingerprint density at radius 2 is 1.85 bits per heavy atom. The molecule has 0 unspecified atom stereocenters. The lowest BCUT2D eigenvalue weighted by Crippen LogP contribution is -2.22. The Morgan fingerprint density at radius 3 is 2.62 bits per heavy atom. The standard InChI is InChI=1S/C21H19N3OS/c1-15-10-11-26-20(15)21(25)22-12-16-6-8-17(9-7-16)13-24-14-23-18-4-2-3-5-19(18)24/h2-11,14H,12-13H2,1H3,(H,22,25). The molecular formula is C21H19N3OS. The van der Waals surface area contributed by atoms with Gasteiger partial charge < -0.3 is 9.88 Å². The van der Waals surface area contributed by atoms with Crippen molar-refractivity contribution in [3.63, 3.8) is 0 Å². The number of benzene rings is 2. The molecule has 0 saturated heterocycles. The van der Waals surface area contributed by atoms with E-state index in [2.05, 4.69) is 45.2 Å². The molecule has 26 heavy (non-hydrogen) atoms. The third-order valence-corrected chi connectivity index (χ3v) is 5.44. The lowest BCUT2D eigenvalue weighted by atomic mass is 10.1. The van der Waals surface area contributed by atoms with Gasteiger partial charge in [-0.2, -0.15) is 0 Å². The number of aromatic nitrogens is 2. The first-order valence-electron chi connectivity index (χ1n) is 8.51. The normalized spacial score (nSPS) is 11.0. The van der Waals surface area contributed by atoms with Crippen LogP contribution >= 0.6 is 11.3 Å². The van der Waals surface area contributed by atoms with Gasteiger partial charge in [0.2, 0.25) is 0 Å². The second-order valence-electron chi connectivity index (χ2n) is 6.29. The van der Waals surface area contributed by atoms with E-state index in [1.807, 2.05) is 42.9 Å². The molecule has 4 nitrogen and oxygen atoms in total. The summed E-state index contributed by atoms with van der Waals surface area (Å²) in [5, 5.41) is 4.93. The summed E-state index contributed by atoms with van der Waals surface area (Å²) < 4.78 is 2.14. The van der Waals surface area contributed by atoms with Crippen LogP contribution in [0.3, 0.4) is 0 Å². The summed E-state index contributed by atoms with van der Waals surface area (Å²) in [6, 6.07) is 18.4. The highest BCUT2D eigenvalue weighted by Crippen LogP contribution is 2.16. The Balaban J connectivity index is 1.40. The lowest BCUT2D eigenvalue weighted by Gasteiger charge is -2.08. The molecular weight excluding hydrogens is 342 g/mol. The zero-order chi connectivity index (χ0) is 17.9. The Morgan fingerprint density at radius 1 is 1.08 bits per heavy atom. The van der Waals surface area contributed by atoms with Crippen LogP contribution in [-0.2, 0) is 13.1 Å². The van der Waals surface area contributed by atoms with Crippen molar-refractivity contribution in [1.29, 1.82) is 0 Å². The molecule has 2 heterocycles. The first-order chi connectivity index (χ1) is 12.7. The fourth-order valence-corrected chi connectivity index (χ4v) is 3.80. The predicted octanol–water partition coefficient (Wildman–Crippen LogP) is 4.38. The smallest absolute Gasteiger partial charge is 0.261 e. The van der Waals surface area contributed by atoms with Gasteiger partial charge in [-0.1, -0.05) is 36.4 Å². The number of hydrogen-bond donors (Lipinski definition) is 1. The molecule has 0 aliphatic heterocycles. The van der Waals surface area contributed by atoms with E-state index in [1.54, 1.807) is 0 Å². The molecule has 4 rings (SSSR count). The van der Waals surface area contributed by atoms with Gasteiger partial charge in [0.1, 0.15) is 0 Å². The topological polar surface area (TPSA) is 46.9 Å². The molecule has 130 valence electrons. The quantitative estimate of drug-likeness (QED) is 0.573. The zero-order valence-corrected chi connectivity index (χ0v) is 15.3. The summed E-state index contributed by atoms with van der Waals surface area (Å²) in [5.74, 6) is -0.00791. The molecule has 0 bridgehead atoms. The number of carbonyl (C=O) groups is 1. The molecule has 2 aromatic heterocycles. The molecule has 0 atom stereocenters. The molecule has 4 aromatic rings. The molecule has 0 aliphatic rings. The highest BCUT2D eigenvalue weighted by molar-refractivity contribution is 7.12. The highest BCUT2D eigenvalue weighted by Gasteiger charge is 2.09. The van der Waals surface area contributed by atoms with Crippen LogP contribution in [0.1, 0.15) is 26.4 Å². The Kier molecular flexibility index (Phi) is 4.54. The van der Waals surface area contributed by atoms with Crippen molar-refractivity contribution in [2.24, 2.45) is 0 Å². The van der Waals surface area contributed by atoms with Gasteiger partial charge in [0.15, 0.2) is 0 Å². The van der Waals surface area contributed by atoms with E-state index in [4.69, 9.17) is 0 Å². The van der Waals surface area contributed by atoms with Crippen molar-refractivity contribution in [2.75, 3.05) is 0 Å². The number of imidazole rings is 1. The fraction of sp³-hybridized carbons (Fsp3) is 0.143. The van der Waals surface area contributed by atoms with Crippen molar-refractivity contribution < 1.29 is 4.79 Å². The Hall–Kier alpha value is -2.92. The van der Waals surface area contributed by atoms with Crippen LogP contribution in [0, 0.1) is 6.92 Å². The summed E-state index contributed by atoms with van der Waals surface area (Å²) in [6.45, 7) is 3.27. The van der Waals surface area contributed by atoms with E-state index in [0.717, 1.165) is 33.6 Å². The highest BCUT2D eigenvalue weighted by atomic mass is 32.1. The largest absolute Gasteiger partial charge is 0.347 e. The first-order valence-corrected chi connectivity index (χ1v) is 9.38. The average Bonchev–Trinajstić information content (AvgIpc) is 3.27. The summed E-state index contributed by atoms with van der Waals surface area (Å²) in [4.78, 5) is 17.4. The van der Waals surface area contributed by atoms with Crippen molar-refractivity contribution in [3.05, 3.63) is 87.9 Å². The number of rotatable bonds is 5. The van der Waals surface area contributed by atoms with Crippen LogP contribution in [0.25, 0.3) is 11.0 Å². The Labute approximate surface area is 156 Å². The lowest BCUT2D eigenvalue weighted by molar-refractivity contribution is 0.0954. The third-order valence-electron chi connectivity index (χ3n) is 4.42. The SMILES string of the molecule is Cc1ccsc1C(=O)NCc1ccc(Cn2cnc3ccccc32)cc1. The van der Waals surface area contributed by atoms with Gasteiger partial charge in [0, 0.05) is 13.1 Å². The maximum absolute atomic E-state index is 12.2. The molecule has 2 aromatic carbocycles. The van der Waals surface area contributed by atoms with Gasteiger partial charge in [-0.3, -0.25) is 4.79 Å². The van der Waals surface area contributed by atoms with Crippen LogP contribution in [0.2, 0.25) is 0 Å². The molecule has 0 radical (unpaired) electrons. The van der Waals surface area contributed by atoms with Crippen molar-refractivity contribution in [2.45, 2.75) is 20.0 Å². The van der Waals surface area contributed by atoms with Gasteiger partial charge in [0.25, 0.3) is 5.91 Å². The van der Waals surface area contributed by atoms with E-state index < -0.39 is 0 Å². The molecule has 0 saturated carbocycles. The second kappa shape index (κ2) is 7.14. The van der Waals surface area contributed by atoms with Gasteiger partial charge in [-0.05, 0) is 47.2 Å². The van der Waals surface area contributed by atoms with Gasteiger partial charge in [-0.25, -0.2) is 4.98 Å². The van der Waals surface area contributed by atoms with E-state index in [0.29, 0.717) is 6.54 Å². The van der Waals surface area contributed by atoms with Gasteiger partial charge in [-0.15, -0.1) is 11.3 Å². The summed E-state index contributed by atoms with van der Waals surface area (Å²) in [6.07, 6.45) is 1.88. The second-order valence-corrected chi connectivity index (χ2v) is 7.21. The molecule has 1 N–H and O–H groups in total. The zero-order valence-electron chi connectivity index (χ0n) is 14.5. The van der Waals surface area contributed by atoms with E-state index >= 15 is 0 Å². The van der Waals surface area contributed by atoms with Crippen molar-refractivity contribution in [3.8, 4) is 0 Å². The average molecular weight is 361 g/mol. The fourth-order valence-electron chi connectivity index (χ4n) is 2.96. The van der Waals surface area contributed by atoms with Crippen LogP contribution in [0.5, 0.6) is 0 Å². The van der Waals surface area contributed by atoms with E-state index in [1.165, 1.54) is 16.9 Å². The molecule has 1 amide bonds. The maximum atomic E-state index is 12.2. The van der Waals surface area contributed by atoms with Gasteiger partial charge >= 0.3 is 0 Å². The number of para-hydroxylation sites is 2. The van der Waals surface area contributed by atoms with Crippen molar-refractivity contribution >= 4 is 28.3 Å². The summed E-state index contributed by atoms with van der Waals surface area (Å²) in [7, 11) is 0. The number of nitrogens with zero attached hydrogens (tertiary/aromatic N) is 2. The van der Waals surface area contributed by atoms with Crippen LogP contribution in [0.15, 0.2) is 66.3 Å². The monoisotopic (exact) mass is 361 g/mol. The molecule has 0 aliphatic carbocycles.